The highest BCUT2D eigenvalue weighted by Gasteiger charge is 2.17. The number of carbonyl (C=O) groups is 2. The van der Waals surface area contributed by atoms with Gasteiger partial charge in [0.25, 0.3) is 0 Å². The van der Waals surface area contributed by atoms with Crippen LogP contribution in [0.4, 0.5) is 5.69 Å². The van der Waals surface area contributed by atoms with E-state index in [2.05, 4.69) is 17.4 Å². The molecule has 2 N–H and O–H groups in total. The Labute approximate surface area is 121 Å². The number of amides is 1. The van der Waals surface area contributed by atoms with E-state index in [1.807, 2.05) is 30.3 Å². The van der Waals surface area contributed by atoms with Crippen LogP contribution in [0.15, 0.2) is 54.6 Å². The Morgan fingerprint density at radius 3 is 2.57 bits per heavy atom. The molecule has 0 aliphatic heterocycles. The van der Waals surface area contributed by atoms with Gasteiger partial charge in [-0.05, 0) is 40.8 Å². The van der Waals surface area contributed by atoms with Gasteiger partial charge in [0, 0.05) is 17.8 Å². The standard InChI is InChI=1S/C17H13NO3/c19-16(7-8-17(20)21)18-13-5-6-15-12(10-13)9-11-3-1-2-4-14(11)15/h1-8,10H,9H2,(H,18,19)(H,20,21)/b8-7+. The predicted molar refractivity (Wildman–Crippen MR) is 80.1 cm³/mol. The van der Waals surface area contributed by atoms with Crippen molar-refractivity contribution in [1.29, 1.82) is 0 Å². The second kappa shape index (κ2) is 5.25. The number of anilines is 1. The molecule has 0 unspecified atom stereocenters. The van der Waals surface area contributed by atoms with Crippen LogP contribution in [0.1, 0.15) is 11.1 Å². The lowest BCUT2D eigenvalue weighted by molar-refractivity contribution is -0.131. The number of nitrogens with one attached hydrogen (secondary N) is 1. The molecule has 0 heterocycles. The number of carboxylic acid groups (broad SMARTS) is 1. The Hall–Kier alpha value is -2.88. The van der Waals surface area contributed by atoms with E-state index in [4.69, 9.17) is 5.11 Å². The summed E-state index contributed by atoms with van der Waals surface area (Å²) in [5.41, 5.74) is 5.53. The minimum atomic E-state index is -1.14. The van der Waals surface area contributed by atoms with E-state index in [0.717, 1.165) is 24.1 Å². The average molecular weight is 279 g/mol. The summed E-state index contributed by atoms with van der Waals surface area (Å²) < 4.78 is 0. The Morgan fingerprint density at radius 2 is 1.76 bits per heavy atom. The zero-order chi connectivity index (χ0) is 14.8. The zero-order valence-corrected chi connectivity index (χ0v) is 11.2. The van der Waals surface area contributed by atoms with E-state index in [1.54, 1.807) is 0 Å². The normalized spacial score (nSPS) is 12.0. The molecule has 0 radical (unpaired) electrons. The lowest BCUT2D eigenvalue weighted by Crippen LogP contribution is -2.08. The summed E-state index contributed by atoms with van der Waals surface area (Å²) in [5.74, 6) is -1.59. The number of hydrogen-bond donors (Lipinski definition) is 2. The van der Waals surface area contributed by atoms with Crippen molar-refractivity contribution in [1.82, 2.24) is 0 Å². The molecule has 0 spiro atoms. The van der Waals surface area contributed by atoms with Gasteiger partial charge in [-0.15, -0.1) is 0 Å². The number of fused-ring (bicyclic) bond motifs is 3. The maximum atomic E-state index is 11.6. The molecule has 1 aliphatic carbocycles. The molecule has 3 rings (SSSR count). The number of aliphatic carboxylic acids is 1. The van der Waals surface area contributed by atoms with Crippen LogP contribution >= 0.6 is 0 Å². The smallest absolute Gasteiger partial charge is 0.328 e. The van der Waals surface area contributed by atoms with Crippen LogP contribution in [0.5, 0.6) is 0 Å². The van der Waals surface area contributed by atoms with Crippen LogP contribution < -0.4 is 5.32 Å². The second-order valence-electron chi connectivity index (χ2n) is 4.87. The van der Waals surface area contributed by atoms with Gasteiger partial charge in [0.1, 0.15) is 0 Å². The predicted octanol–water partition coefficient (Wildman–Crippen LogP) is 2.84. The molecule has 0 atom stereocenters. The molecule has 2 aromatic carbocycles. The van der Waals surface area contributed by atoms with Gasteiger partial charge in [0.2, 0.25) is 5.91 Å². The number of carboxylic acids is 1. The number of hydrogen-bond acceptors (Lipinski definition) is 2. The first-order chi connectivity index (χ1) is 10.1. The molecule has 21 heavy (non-hydrogen) atoms. The van der Waals surface area contributed by atoms with Crippen molar-refractivity contribution in [2.75, 3.05) is 5.32 Å². The molecule has 4 heteroatoms. The van der Waals surface area contributed by atoms with Gasteiger partial charge in [0.05, 0.1) is 0 Å². The molecule has 1 amide bonds. The molecule has 0 fully saturated rings. The molecular weight excluding hydrogens is 266 g/mol. The van der Waals surface area contributed by atoms with Crippen LogP contribution in [0.3, 0.4) is 0 Å². The first kappa shape index (κ1) is 13.1. The van der Waals surface area contributed by atoms with Crippen molar-refractivity contribution in [3.63, 3.8) is 0 Å². The molecule has 0 aromatic heterocycles. The highest BCUT2D eigenvalue weighted by molar-refractivity contribution is 6.02. The molecule has 2 aromatic rings. The van der Waals surface area contributed by atoms with Crippen LogP contribution in [0.25, 0.3) is 11.1 Å². The first-order valence-corrected chi connectivity index (χ1v) is 6.57. The van der Waals surface area contributed by atoms with Gasteiger partial charge in [-0.25, -0.2) is 4.79 Å². The highest BCUT2D eigenvalue weighted by Crippen LogP contribution is 2.37. The maximum Gasteiger partial charge on any atom is 0.328 e. The van der Waals surface area contributed by atoms with Gasteiger partial charge < -0.3 is 10.4 Å². The molecule has 4 nitrogen and oxygen atoms in total. The number of carbonyl (C=O) groups excluding carboxylic acids is 1. The van der Waals surface area contributed by atoms with E-state index >= 15 is 0 Å². The monoisotopic (exact) mass is 279 g/mol. The van der Waals surface area contributed by atoms with Crippen molar-refractivity contribution in [2.45, 2.75) is 6.42 Å². The Kier molecular flexibility index (Phi) is 3.28. The first-order valence-electron chi connectivity index (χ1n) is 6.57. The fourth-order valence-electron chi connectivity index (χ4n) is 2.55. The molecule has 0 saturated carbocycles. The van der Waals surface area contributed by atoms with Crippen LogP contribution in [-0.4, -0.2) is 17.0 Å². The summed E-state index contributed by atoms with van der Waals surface area (Å²) in [6, 6.07) is 14.0. The molecule has 104 valence electrons. The van der Waals surface area contributed by atoms with Crippen molar-refractivity contribution in [3.05, 3.63) is 65.7 Å². The van der Waals surface area contributed by atoms with Crippen molar-refractivity contribution in [3.8, 4) is 11.1 Å². The van der Waals surface area contributed by atoms with E-state index in [9.17, 15) is 9.59 Å². The van der Waals surface area contributed by atoms with Gasteiger partial charge in [-0.1, -0.05) is 30.3 Å². The summed E-state index contributed by atoms with van der Waals surface area (Å²) in [6.07, 6.45) is 2.67. The van der Waals surface area contributed by atoms with E-state index < -0.39 is 11.9 Å². The van der Waals surface area contributed by atoms with Gasteiger partial charge >= 0.3 is 5.97 Å². The molecular formula is C17H13NO3. The van der Waals surface area contributed by atoms with E-state index in [-0.39, 0.29) is 0 Å². The van der Waals surface area contributed by atoms with E-state index in [1.165, 1.54) is 16.7 Å². The Morgan fingerprint density at radius 1 is 1.00 bits per heavy atom. The summed E-state index contributed by atoms with van der Waals surface area (Å²) in [6.45, 7) is 0. The minimum Gasteiger partial charge on any atom is -0.478 e. The molecule has 0 bridgehead atoms. The lowest BCUT2D eigenvalue weighted by atomic mass is 10.1. The van der Waals surface area contributed by atoms with Crippen molar-refractivity contribution in [2.24, 2.45) is 0 Å². The van der Waals surface area contributed by atoms with Crippen LogP contribution in [0.2, 0.25) is 0 Å². The molecule has 1 aliphatic rings. The summed E-state index contributed by atoms with van der Waals surface area (Å²) in [4.78, 5) is 21.9. The summed E-state index contributed by atoms with van der Waals surface area (Å²) >= 11 is 0. The largest absolute Gasteiger partial charge is 0.478 e. The third kappa shape index (κ3) is 2.69. The fraction of sp³-hybridized carbons (Fsp3) is 0.0588. The summed E-state index contributed by atoms with van der Waals surface area (Å²) in [5, 5.41) is 11.2. The summed E-state index contributed by atoms with van der Waals surface area (Å²) in [7, 11) is 0. The van der Waals surface area contributed by atoms with E-state index in [0.29, 0.717) is 5.69 Å². The average Bonchev–Trinajstić information content (AvgIpc) is 2.82. The van der Waals surface area contributed by atoms with Gasteiger partial charge in [0.15, 0.2) is 0 Å². The highest BCUT2D eigenvalue weighted by atomic mass is 16.4. The maximum absolute atomic E-state index is 11.6. The van der Waals surface area contributed by atoms with Gasteiger partial charge in [-0.3, -0.25) is 4.79 Å². The quantitative estimate of drug-likeness (QED) is 0.724. The minimum absolute atomic E-state index is 0.451. The second-order valence-corrected chi connectivity index (χ2v) is 4.87. The van der Waals surface area contributed by atoms with Crippen LogP contribution in [0, 0.1) is 0 Å². The van der Waals surface area contributed by atoms with Crippen molar-refractivity contribution >= 4 is 17.6 Å². The van der Waals surface area contributed by atoms with Crippen molar-refractivity contribution < 1.29 is 14.7 Å². The number of benzene rings is 2. The fourth-order valence-corrected chi connectivity index (χ4v) is 2.55. The van der Waals surface area contributed by atoms with Crippen LogP contribution in [-0.2, 0) is 16.0 Å². The molecule has 0 saturated heterocycles. The third-order valence-corrected chi connectivity index (χ3v) is 3.44. The topological polar surface area (TPSA) is 66.4 Å². The lowest BCUT2D eigenvalue weighted by Gasteiger charge is -2.05. The Bertz CT molecular complexity index is 762. The van der Waals surface area contributed by atoms with Gasteiger partial charge in [-0.2, -0.15) is 0 Å². The third-order valence-electron chi connectivity index (χ3n) is 3.44. The SMILES string of the molecule is O=C(O)/C=C/C(=O)Nc1ccc2c(c1)Cc1ccccc1-2. The number of rotatable bonds is 3. The Balaban J connectivity index is 1.81. The zero-order valence-electron chi connectivity index (χ0n) is 11.2.